The number of hydrogen-bond donors (Lipinski definition) is 0. The van der Waals surface area contributed by atoms with Gasteiger partial charge in [-0.1, -0.05) is 52.3 Å². The maximum Gasteiger partial charge on any atom is 0.280 e. The smallest absolute Gasteiger partial charge is 0.280 e. The SMILES string of the molecule is Cc1ccc(-c2noc(-c3nnn(-c4ccccc4F)c3C)n2)cc1. The first kappa shape index (κ1) is 15.2. The van der Waals surface area contributed by atoms with Gasteiger partial charge in [-0.2, -0.15) is 4.98 Å². The Morgan fingerprint density at radius 1 is 1.00 bits per heavy atom. The zero-order valence-corrected chi connectivity index (χ0v) is 13.6. The van der Waals surface area contributed by atoms with E-state index in [0.717, 1.165) is 11.1 Å². The Labute approximate surface area is 142 Å². The van der Waals surface area contributed by atoms with E-state index < -0.39 is 0 Å². The van der Waals surface area contributed by atoms with Gasteiger partial charge < -0.3 is 4.52 Å². The van der Waals surface area contributed by atoms with E-state index in [9.17, 15) is 4.39 Å². The summed E-state index contributed by atoms with van der Waals surface area (Å²) in [7, 11) is 0. The second-order valence-electron chi connectivity index (χ2n) is 5.68. The summed E-state index contributed by atoms with van der Waals surface area (Å²) >= 11 is 0. The molecule has 124 valence electrons. The molecule has 0 fully saturated rings. The standard InChI is InChI=1S/C18H14FN5O/c1-11-7-9-13(10-8-11)17-20-18(25-22-17)16-12(2)24(23-21-16)15-6-4-3-5-14(15)19/h3-10H,1-2H3. The molecule has 25 heavy (non-hydrogen) atoms. The second kappa shape index (κ2) is 5.94. The lowest BCUT2D eigenvalue weighted by Gasteiger charge is -2.03. The van der Waals surface area contributed by atoms with Crippen molar-refractivity contribution < 1.29 is 8.91 Å². The third kappa shape index (κ3) is 2.69. The number of aromatic nitrogens is 5. The molecule has 0 unspecified atom stereocenters. The van der Waals surface area contributed by atoms with Crippen molar-refractivity contribution in [2.45, 2.75) is 13.8 Å². The summed E-state index contributed by atoms with van der Waals surface area (Å²) in [5.41, 5.74) is 3.35. The highest BCUT2D eigenvalue weighted by atomic mass is 19.1. The Kier molecular flexibility index (Phi) is 3.61. The topological polar surface area (TPSA) is 69.6 Å². The van der Waals surface area contributed by atoms with Crippen LogP contribution in [0.1, 0.15) is 11.3 Å². The number of para-hydroxylation sites is 1. The van der Waals surface area contributed by atoms with Crippen LogP contribution in [0.5, 0.6) is 0 Å². The highest BCUT2D eigenvalue weighted by molar-refractivity contribution is 5.59. The molecule has 4 aromatic rings. The minimum absolute atomic E-state index is 0.246. The molecular weight excluding hydrogens is 321 g/mol. The maximum absolute atomic E-state index is 14.0. The molecular formula is C18H14FN5O. The van der Waals surface area contributed by atoms with Crippen LogP contribution in [0, 0.1) is 19.7 Å². The van der Waals surface area contributed by atoms with Crippen molar-refractivity contribution in [3.05, 3.63) is 65.6 Å². The monoisotopic (exact) mass is 335 g/mol. The lowest BCUT2D eigenvalue weighted by Crippen LogP contribution is -2.01. The summed E-state index contributed by atoms with van der Waals surface area (Å²) in [5.74, 6) is 0.332. The lowest BCUT2D eigenvalue weighted by molar-refractivity contribution is 0.430. The fraction of sp³-hybridized carbons (Fsp3) is 0.111. The van der Waals surface area contributed by atoms with E-state index in [1.807, 2.05) is 31.2 Å². The summed E-state index contributed by atoms with van der Waals surface area (Å²) < 4.78 is 20.7. The lowest BCUT2D eigenvalue weighted by atomic mass is 10.1. The van der Waals surface area contributed by atoms with E-state index in [4.69, 9.17) is 4.52 Å². The molecule has 0 amide bonds. The molecule has 0 aliphatic heterocycles. The van der Waals surface area contributed by atoms with Crippen molar-refractivity contribution in [2.24, 2.45) is 0 Å². The van der Waals surface area contributed by atoms with E-state index >= 15 is 0 Å². The van der Waals surface area contributed by atoms with Crippen LogP contribution < -0.4 is 0 Å². The molecule has 2 aromatic heterocycles. The van der Waals surface area contributed by atoms with Gasteiger partial charge >= 0.3 is 0 Å². The fourth-order valence-electron chi connectivity index (χ4n) is 2.52. The molecule has 0 atom stereocenters. The van der Waals surface area contributed by atoms with Crippen LogP contribution in [0.2, 0.25) is 0 Å². The zero-order chi connectivity index (χ0) is 17.4. The molecule has 0 aliphatic carbocycles. The van der Waals surface area contributed by atoms with Crippen molar-refractivity contribution in [1.29, 1.82) is 0 Å². The third-order valence-corrected chi connectivity index (χ3v) is 3.91. The normalized spacial score (nSPS) is 11.0. The van der Waals surface area contributed by atoms with Gasteiger partial charge in [0.25, 0.3) is 5.89 Å². The highest BCUT2D eigenvalue weighted by Crippen LogP contribution is 2.25. The average Bonchev–Trinajstić information content (AvgIpc) is 3.23. The molecule has 4 rings (SSSR count). The first-order chi connectivity index (χ1) is 12.1. The van der Waals surface area contributed by atoms with Crippen LogP contribution in [0.15, 0.2) is 53.1 Å². The van der Waals surface area contributed by atoms with E-state index in [1.165, 1.54) is 10.7 Å². The van der Waals surface area contributed by atoms with Crippen molar-refractivity contribution in [1.82, 2.24) is 25.1 Å². The van der Waals surface area contributed by atoms with Gasteiger partial charge in [0, 0.05) is 5.56 Å². The number of halogens is 1. The average molecular weight is 335 g/mol. The molecule has 0 spiro atoms. The van der Waals surface area contributed by atoms with E-state index in [2.05, 4.69) is 20.5 Å². The molecule has 0 bridgehead atoms. The van der Waals surface area contributed by atoms with Crippen LogP contribution in [-0.4, -0.2) is 25.1 Å². The summed E-state index contributed by atoms with van der Waals surface area (Å²) in [5, 5.41) is 12.1. The Balaban J connectivity index is 1.72. The van der Waals surface area contributed by atoms with E-state index in [0.29, 0.717) is 22.9 Å². The zero-order valence-electron chi connectivity index (χ0n) is 13.6. The van der Waals surface area contributed by atoms with Crippen molar-refractivity contribution in [3.63, 3.8) is 0 Å². The van der Waals surface area contributed by atoms with Gasteiger partial charge in [0.05, 0.1) is 5.69 Å². The minimum Gasteiger partial charge on any atom is -0.332 e. The first-order valence-corrected chi connectivity index (χ1v) is 7.72. The fourth-order valence-corrected chi connectivity index (χ4v) is 2.52. The van der Waals surface area contributed by atoms with Gasteiger partial charge in [-0.05, 0) is 26.0 Å². The minimum atomic E-state index is -0.382. The van der Waals surface area contributed by atoms with Crippen LogP contribution >= 0.6 is 0 Å². The summed E-state index contributed by atoms with van der Waals surface area (Å²) in [4.78, 5) is 4.38. The predicted octanol–water partition coefficient (Wildman–Crippen LogP) is 3.74. The van der Waals surface area contributed by atoms with Gasteiger partial charge in [0.2, 0.25) is 5.82 Å². The number of rotatable bonds is 3. The molecule has 0 aliphatic rings. The van der Waals surface area contributed by atoms with Crippen LogP contribution in [0.3, 0.4) is 0 Å². The second-order valence-corrected chi connectivity index (χ2v) is 5.68. The van der Waals surface area contributed by atoms with Crippen LogP contribution in [0.4, 0.5) is 4.39 Å². The van der Waals surface area contributed by atoms with Gasteiger partial charge in [-0.15, -0.1) is 5.10 Å². The summed E-state index contributed by atoms with van der Waals surface area (Å²) in [6.45, 7) is 3.79. The van der Waals surface area contributed by atoms with Crippen LogP contribution in [-0.2, 0) is 0 Å². The summed E-state index contributed by atoms with van der Waals surface area (Å²) in [6, 6.07) is 14.2. The molecule has 2 heterocycles. The Morgan fingerprint density at radius 3 is 2.52 bits per heavy atom. The van der Waals surface area contributed by atoms with Crippen LogP contribution in [0.25, 0.3) is 28.7 Å². The summed E-state index contributed by atoms with van der Waals surface area (Å²) in [6.07, 6.45) is 0. The maximum atomic E-state index is 14.0. The van der Waals surface area contributed by atoms with Gasteiger partial charge in [-0.3, -0.25) is 0 Å². The van der Waals surface area contributed by atoms with E-state index in [-0.39, 0.29) is 11.7 Å². The van der Waals surface area contributed by atoms with Gasteiger partial charge in [-0.25, -0.2) is 9.07 Å². The Morgan fingerprint density at radius 2 is 1.76 bits per heavy atom. The number of benzene rings is 2. The molecule has 2 aromatic carbocycles. The van der Waals surface area contributed by atoms with Crippen molar-refractivity contribution in [3.8, 4) is 28.7 Å². The Hall–Kier alpha value is -3.35. The molecule has 0 N–H and O–H groups in total. The predicted molar refractivity (Wildman–Crippen MR) is 89.5 cm³/mol. The van der Waals surface area contributed by atoms with E-state index in [1.54, 1.807) is 25.1 Å². The molecule has 0 saturated carbocycles. The quantitative estimate of drug-likeness (QED) is 0.570. The number of nitrogens with zero attached hydrogens (tertiary/aromatic N) is 5. The van der Waals surface area contributed by atoms with Crippen molar-refractivity contribution in [2.75, 3.05) is 0 Å². The molecule has 6 nitrogen and oxygen atoms in total. The first-order valence-electron chi connectivity index (χ1n) is 7.72. The molecule has 7 heteroatoms. The van der Waals surface area contributed by atoms with Gasteiger partial charge in [0.1, 0.15) is 11.5 Å². The number of aryl methyl sites for hydroxylation is 1. The highest BCUT2D eigenvalue weighted by Gasteiger charge is 2.20. The largest absolute Gasteiger partial charge is 0.332 e. The molecule has 0 radical (unpaired) electrons. The third-order valence-electron chi connectivity index (χ3n) is 3.91. The van der Waals surface area contributed by atoms with Gasteiger partial charge in [0.15, 0.2) is 5.69 Å². The molecule has 0 saturated heterocycles. The van der Waals surface area contributed by atoms with Crippen molar-refractivity contribution >= 4 is 0 Å². The number of hydrogen-bond acceptors (Lipinski definition) is 5. The Bertz CT molecular complexity index is 1040.